The highest BCUT2D eigenvalue weighted by Crippen LogP contribution is 2.14. The Morgan fingerprint density at radius 1 is 1.24 bits per heavy atom. The van der Waals surface area contributed by atoms with Crippen LogP contribution in [0.25, 0.3) is 0 Å². The van der Waals surface area contributed by atoms with Crippen molar-refractivity contribution >= 4 is 5.78 Å². The van der Waals surface area contributed by atoms with E-state index in [1.54, 1.807) is 0 Å². The van der Waals surface area contributed by atoms with E-state index in [1.807, 2.05) is 20.8 Å². The fraction of sp³-hybridized carbons (Fsp3) is 0.462. The normalized spacial score (nSPS) is 12.8. The lowest BCUT2D eigenvalue weighted by atomic mass is 10.1. The van der Waals surface area contributed by atoms with Crippen LogP contribution < -0.4 is 0 Å². The molecule has 94 valence electrons. The summed E-state index contributed by atoms with van der Waals surface area (Å²) in [5.74, 6) is -2.13. The molecule has 0 saturated carbocycles. The Bertz CT molecular complexity index is 382. The maximum Gasteiger partial charge on any atom is 0.194 e. The van der Waals surface area contributed by atoms with E-state index in [1.165, 1.54) is 6.07 Å². The first-order chi connectivity index (χ1) is 7.93. The van der Waals surface area contributed by atoms with Gasteiger partial charge in [-0.1, -0.05) is 19.9 Å². The van der Waals surface area contributed by atoms with Crippen molar-refractivity contribution in [2.24, 2.45) is 5.92 Å². The fourth-order valence-electron chi connectivity index (χ4n) is 1.24. The number of ether oxygens (including phenoxy) is 1. The monoisotopic (exact) mass is 242 g/mol. The van der Waals surface area contributed by atoms with E-state index in [2.05, 4.69) is 0 Å². The summed E-state index contributed by atoms with van der Waals surface area (Å²) in [6.07, 6.45) is -0.131. The van der Waals surface area contributed by atoms with Gasteiger partial charge in [0.1, 0.15) is 18.2 Å². The number of hydrogen-bond donors (Lipinski definition) is 0. The highest BCUT2D eigenvalue weighted by molar-refractivity contribution is 5.97. The van der Waals surface area contributed by atoms with Gasteiger partial charge >= 0.3 is 0 Å². The summed E-state index contributed by atoms with van der Waals surface area (Å²) in [5, 5.41) is 0. The van der Waals surface area contributed by atoms with Crippen molar-refractivity contribution in [1.29, 1.82) is 0 Å². The summed E-state index contributed by atoms with van der Waals surface area (Å²) >= 11 is 0. The number of carbonyl (C=O) groups excluding carboxylic acids is 1. The quantitative estimate of drug-likeness (QED) is 0.741. The van der Waals surface area contributed by atoms with Gasteiger partial charge < -0.3 is 4.74 Å². The SMILES string of the molecule is CC(C)C(C)OCC(=O)c1c(F)cccc1F. The zero-order valence-corrected chi connectivity index (χ0v) is 10.2. The fourth-order valence-corrected chi connectivity index (χ4v) is 1.24. The molecule has 4 heteroatoms. The summed E-state index contributed by atoms with van der Waals surface area (Å²) in [4.78, 5) is 11.6. The van der Waals surface area contributed by atoms with Gasteiger partial charge in [0.05, 0.1) is 11.7 Å². The Balaban J connectivity index is 2.71. The second kappa shape index (κ2) is 5.87. The number of carbonyl (C=O) groups is 1. The zero-order valence-electron chi connectivity index (χ0n) is 10.2. The largest absolute Gasteiger partial charge is 0.370 e. The van der Waals surface area contributed by atoms with Gasteiger partial charge in [-0.3, -0.25) is 4.79 Å². The molecule has 1 aromatic rings. The molecule has 2 nitrogen and oxygen atoms in total. The standard InChI is InChI=1S/C13H16F2O2/c1-8(2)9(3)17-7-12(16)13-10(14)5-4-6-11(13)15/h4-6,8-9H,7H2,1-3H3. The van der Waals surface area contributed by atoms with Gasteiger partial charge in [-0.15, -0.1) is 0 Å². The molecular formula is C13H16F2O2. The maximum absolute atomic E-state index is 13.3. The molecule has 0 aliphatic rings. The van der Waals surface area contributed by atoms with Crippen molar-refractivity contribution in [3.63, 3.8) is 0 Å². The van der Waals surface area contributed by atoms with Crippen molar-refractivity contribution in [1.82, 2.24) is 0 Å². The van der Waals surface area contributed by atoms with Crippen molar-refractivity contribution in [2.45, 2.75) is 26.9 Å². The first-order valence-electron chi connectivity index (χ1n) is 5.52. The third kappa shape index (κ3) is 3.60. The van der Waals surface area contributed by atoms with E-state index >= 15 is 0 Å². The minimum atomic E-state index is -0.851. The van der Waals surface area contributed by atoms with E-state index < -0.39 is 23.0 Å². The minimum absolute atomic E-state index is 0.131. The number of hydrogen-bond acceptors (Lipinski definition) is 2. The van der Waals surface area contributed by atoms with Crippen LogP contribution in [0, 0.1) is 17.6 Å². The van der Waals surface area contributed by atoms with E-state index in [0.29, 0.717) is 0 Å². The van der Waals surface area contributed by atoms with Crippen LogP contribution in [0.3, 0.4) is 0 Å². The van der Waals surface area contributed by atoms with E-state index in [9.17, 15) is 13.6 Å². The van der Waals surface area contributed by atoms with Crippen LogP contribution in [-0.2, 0) is 4.74 Å². The molecule has 1 aromatic carbocycles. The predicted molar refractivity (Wildman–Crippen MR) is 60.9 cm³/mol. The molecule has 0 amide bonds. The molecule has 0 radical (unpaired) electrons. The van der Waals surface area contributed by atoms with E-state index in [4.69, 9.17) is 4.74 Å². The molecule has 17 heavy (non-hydrogen) atoms. The summed E-state index contributed by atoms with van der Waals surface area (Å²) < 4.78 is 31.8. The molecule has 0 saturated heterocycles. The number of benzene rings is 1. The molecule has 1 atom stereocenters. The molecule has 0 heterocycles. The first kappa shape index (κ1) is 13.8. The molecule has 0 aliphatic carbocycles. The highest BCUT2D eigenvalue weighted by atomic mass is 19.1. The van der Waals surface area contributed by atoms with Crippen LogP contribution in [0.1, 0.15) is 31.1 Å². The van der Waals surface area contributed by atoms with Crippen molar-refractivity contribution in [3.8, 4) is 0 Å². The molecule has 0 spiro atoms. The molecule has 0 bridgehead atoms. The third-order valence-electron chi connectivity index (χ3n) is 2.66. The predicted octanol–water partition coefficient (Wildman–Crippen LogP) is 3.21. The van der Waals surface area contributed by atoms with Gasteiger partial charge in [0.25, 0.3) is 0 Å². The lowest BCUT2D eigenvalue weighted by Crippen LogP contribution is -2.21. The Labute approximate surface area is 99.6 Å². The Kier molecular flexibility index (Phi) is 4.75. The second-order valence-electron chi connectivity index (χ2n) is 4.28. The minimum Gasteiger partial charge on any atom is -0.370 e. The van der Waals surface area contributed by atoms with Crippen LogP contribution in [-0.4, -0.2) is 18.5 Å². The second-order valence-corrected chi connectivity index (χ2v) is 4.28. The number of halogens is 2. The van der Waals surface area contributed by atoms with Crippen LogP contribution in [0.15, 0.2) is 18.2 Å². The Morgan fingerprint density at radius 3 is 2.24 bits per heavy atom. The number of Topliss-reactive ketones (excluding diaryl/α,β-unsaturated/α-hetero) is 1. The first-order valence-corrected chi connectivity index (χ1v) is 5.52. The summed E-state index contributed by atoms with van der Waals surface area (Å²) in [7, 11) is 0. The van der Waals surface area contributed by atoms with Crippen molar-refractivity contribution < 1.29 is 18.3 Å². The van der Waals surface area contributed by atoms with Gasteiger partial charge in [-0.25, -0.2) is 8.78 Å². The average molecular weight is 242 g/mol. The molecule has 0 aliphatic heterocycles. The molecule has 1 rings (SSSR count). The van der Waals surface area contributed by atoms with Gasteiger partial charge in [-0.05, 0) is 25.0 Å². The zero-order chi connectivity index (χ0) is 13.0. The van der Waals surface area contributed by atoms with Crippen LogP contribution >= 0.6 is 0 Å². The maximum atomic E-state index is 13.3. The number of rotatable bonds is 5. The molecule has 0 aromatic heterocycles. The summed E-state index contributed by atoms with van der Waals surface area (Å²) in [5.41, 5.74) is -0.525. The molecule has 0 N–H and O–H groups in total. The molecular weight excluding hydrogens is 226 g/mol. The summed E-state index contributed by atoms with van der Waals surface area (Å²) in [6, 6.07) is 3.34. The topological polar surface area (TPSA) is 26.3 Å². The lowest BCUT2D eigenvalue weighted by molar-refractivity contribution is 0.0331. The van der Waals surface area contributed by atoms with Crippen molar-refractivity contribution in [2.75, 3.05) is 6.61 Å². The lowest BCUT2D eigenvalue weighted by Gasteiger charge is -2.16. The van der Waals surface area contributed by atoms with Gasteiger partial charge in [-0.2, -0.15) is 0 Å². The average Bonchev–Trinajstić information content (AvgIpc) is 2.25. The highest BCUT2D eigenvalue weighted by Gasteiger charge is 2.18. The molecule has 1 unspecified atom stereocenters. The van der Waals surface area contributed by atoms with Gasteiger partial charge in [0.2, 0.25) is 0 Å². The third-order valence-corrected chi connectivity index (χ3v) is 2.66. The van der Waals surface area contributed by atoms with Crippen molar-refractivity contribution in [3.05, 3.63) is 35.4 Å². The number of ketones is 1. The Morgan fingerprint density at radius 2 is 1.76 bits per heavy atom. The smallest absolute Gasteiger partial charge is 0.194 e. The molecule has 0 fully saturated rings. The van der Waals surface area contributed by atoms with Crippen LogP contribution in [0.5, 0.6) is 0 Å². The summed E-state index contributed by atoms with van der Waals surface area (Å²) in [6.45, 7) is 5.39. The van der Waals surface area contributed by atoms with Crippen LogP contribution in [0.2, 0.25) is 0 Å². The van der Waals surface area contributed by atoms with Crippen LogP contribution in [0.4, 0.5) is 8.78 Å². The van der Waals surface area contributed by atoms with E-state index in [0.717, 1.165) is 12.1 Å². The van der Waals surface area contributed by atoms with Gasteiger partial charge in [0.15, 0.2) is 5.78 Å². The van der Waals surface area contributed by atoms with E-state index in [-0.39, 0.29) is 18.6 Å². The van der Waals surface area contributed by atoms with Gasteiger partial charge in [0, 0.05) is 0 Å². The Hall–Kier alpha value is -1.29.